The number of likely N-dealkylation sites (tertiary alicyclic amines) is 1. The molecule has 1 amide bonds. The van der Waals surface area contributed by atoms with Crippen molar-refractivity contribution >= 4 is 17.2 Å². The number of aromatic nitrogens is 1. The van der Waals surface area contributed by atoms with Crippen LogP contribution in [-0.2, 0) is 0 Å². The molecule has 1 aliphatic heterocycles. The van der Waals surface area contributed by atoms with E-state index in [1.54, 1.807) is 11.3 Å². The number of aryl methyl sites for hydroxylation is 2. The van der Waals surface area contributed by atoms with E-state index in [4.69, 9.17) is 0 Å². The zero-order chi connectivity index (χ0) is 14.8. The van der Waals surface area contributed by atoms with Gasteiger partial charge in [0.1, 0.15) is 5.01 Å². The first-order valence-corrected chi connectivity index (χ1v) is 8.30. The molecule has 110 valence electrons. The van der Waals surface area contributed by atoms with Gasteiger partial charge in [0.15, 0.2) is 0 Å². The van der Waals surface area contributed by atoms with Gasteiger partial charge in [0, 0.05) is 29.1 Å². The van der Waals surface area contributed by atoms with E-state index in [2.05, 4.69) is 11.9 Å². The molecular formula is C17H20N2OS. The van der Waals surface area contributed by atoms with Crippen LogP contribution in [0, 0.1) is 13.8 Å². The fourth-order valence-corrected chi connectivity index (χ4v) is 3.57. The molecule has 0 aliphatic carbocycles. The number of piperidine rings is 1. The quantitative estimate of drug-likeness (QED) is 0.838. The maximum Gasteiger partial charge on any atom is 0.253 e. The lowest BCUT2D eigenvalue weighted by Gasteiger charge is -2.26. The summed E-state index contributed by atoms with van der Waals surface area (Å²) in [7, 11) is 0. The third-order valence-corrected chi connectivity index (χ3v) is 5.15. The molecule has 21 heavy (non-hydrogen) atoms. The van der Waals surface area contributed by atoms with Gasteiger partial charge < -0.3 is 4.90 Å². The number of nitrogens with zero attached hydrogens (tertiary/aromatic N) is 2. The van der Waals surface area contributed by atoms with Crippen LogP contribution in [0.1, 0.15) is 40.2 Å². The molecule has 1 aliphatic rings. The summed E-state index contributed by atoms with van der Waals surface area (Å²) >= 11 is 1.69. The number of rotatable bonds is 2. The number of carbonyl (C=O) groups excluding carboxylic acids is 1. The van der Waals surface area contributed by atoms with Gasteiger partial charge in [0.25, 0.3) is 5.91 Å². The second kappa shape index (κ2) is 5.98. The van der Waals surface area contributed by atoms with E-state index in [0.717, 1.165) is 47.8 Å². The van der Waals surface area contributed by atoms with Crippen molar-refractivity contribution in [3.05, 3.63) is 40.4 Å². The number of hydrogen-bond acceptors (Lipinski definition) is 3. The van der Waals surface area contributed by atoms with Crippen molar-refractivity contribution in [1.82, 2.24) is 9.88 Å². The normalized spacial score (nSPS) is 15.2. The van der Waals surface area contributed by atoms with E-state index >= 15 is 0 Å². The van der Waals surface area contributed by atoms with Gasteiger partial charge in [-0.2, -0.15) is 0 Å². The third kappa shape index (κ3) is 3.00. The SMILES string of the molecule is Cc1nc(-c2cccc(C(=O)N3CCCCC3)c2)sc1C. The minimum Gasteiger partial charge on any atom is -0.339 e. The highest BCUT2D eigenvalue weighted by Gasteiger charge is 2.18. The van der Waals surface area contributed by atoms with Crippen molar-refractivity contribution in [3.8, 4) is 10.6 Å². The molecule has 3 rings (SSSR count). The zero-order valence-corrected chi connectivity index (χ0v) is 13.4. The maximum atomic E-state index is 12.6. The van der Waals surface area contributed by atoms with Crippen LogP contribution in [-0.4, -0.2) is 28.9 Å². The molecule has 1 aromatic carbocycles. The van der Waals surface area contributed by atoms with Gasteiger partial charge in [0.05, 0.1) is 5.69 Å². The lowest BCUT2D eigenvalue weighted by molar-refractivity contribution is 0.0724. The molecule has 2 heterocycles. The van der Waals surface area contributed by atoms with Gasteiger partial charge in [-0.15, -0.1) is 11.3 Å². The van der Waals surface area contributed by atoms with Gasteiger partial charge in [-0.05, 0) is 45.2 Å². The average molecular weight is 300 g/mol. The highest BCUT2D eigenvalue weighted by Crippen LogP contribution is 2.28. The van der Waals surface area contributed by atoms with Gasteiger partial charge in [0.2, 0.25) is 0 Å². The summed E-state index contributed by atoms with van der Waals surface area (Å²) in [5.74, 6) is 0.154. The number of thiazole rings is 1. The van der Waals surface area contributed by atoms with Crippen molar-refractivity contribution in [1.29, 1.82) is 0 Å². The molecule has 4 heteroatoms. The molecule has 0 unspecified atom stereocenters. The second-order valence-corrected chi connectivity index (χ2v) is 6.80. The molecule has 1 fully saturated rings. The molecule has 0 bridgehead atoms. The van der Waals surface area contributed by atoms with Crippen LogP contribution in [0.2, 0.25) is 0 Å². The fraction of sp³-hybridized carbons (Fsp3) is 0.412. The number of amides is 1. The summed E-state index contributed by atoms with van der Waals surface area (Å²) in [5, 5.41) is 0.998. The van der Waals surface area contributed by atoms with Crippen molar-refractivity contribution in [2.45, 2.75) is 33.1 Å². The highest BCUT2D eigenvalue weighted by molar-refractivity contribution is 7.15. The lowest BCUT2D eigenvalue weighted by Crippen LogP contribution is -2.35. The van der Waals surface area contributed by atoms with E-state index in [0.29, 0.717) is 0 Å². The van der Waals surface area contributed by atoms with Crippen molar-refractivity contribution in [3.63, 3.8) is 0 Å². The lowest BCUT2D eigenvalue weighted by atomic mass is 10.1. The van der Waals surface area contributed by atoms with Crippen LogP contribution in [0.4, 0.5) is 0 Å². The van der Waals surface area contributed by atoms with E-state index in [9.17, 15) is 4.79 Å². The van der Waals surface area contributed by atoms with Crippen molar-refractivity contribution in [2.24, 2.45) is 0 Å². The first-order valence-electron chi connectivity index (χ1n) is 7.49. The van der Waals surface area contributed by atoms with E-state index in [1.807, 2.05) is 36.1 Å². The summed E-state index contributed by atoms with van der Waals surface area (Å²) in [6.07, 6.45) is 3.48. The average Bonchev–Trinajstić information content (AvgIpc) is 2.87. The Morgan fingerprint density at radius 3 is 2.62 bits per heavy atom. The summed E-state index contributed by atoms with van der Waals surface area (Å²) < 4.78 is 0. The number of hydrogen-bond donors (Lipinski definition) is 0. The molecule has 1 aromatic heterocycles. The monoisotopic (exact) mass is 300 g/mol. The number of carbonyl (C=O) groups is 1. The van der Waals surface area contributed by atoms with Crippen molar-refractivity contribution in [2.75, 3.05) is 13.1 Å². The Morgan fingerprint density at radius 2 is 1.95 bits per heavy atom. The molecule has 0 saturated carbocycles. The Bertz CT molecular complexity index is 637. The first-order chi connectivity index (χ1) is 10.1. The molecule has 3 nitrogen and oxygen atoms in total. The van der Waals surface area contributed by atoms with E-state index < -0.39 is 0 Å². The molecule has 0 radical (unpaired) electrons. The zero-order valence-electron chi connectivity index (χ0n) is 12.6. The van der Waals surface area contributed by atoms with Gasteiger partial charge in [-0.25, -0.2) is 4.98 Å². The van der Waals surface area contributed by atoms with Crippen LogP contribution in [0.5, 0.6) is 0 Å². The van der Waals surface area contributed by atoms with Gasteiger partial charge in [-0.3, -0.25) is 4.79 Å². The minimum absolute atomic E-state index is 0.154. The van der Waals surface area contributed by atoms with Gasteiger partial charge >= 0.3 is 0 Å². The Kier molecular flexibility index (Phi) is 4.06. The molecular weight excluding hydrogens is 280 g/mol. The van der Waals surface area contributed by atoms with Crippen LogP contribution in [0.15, 0.2) is 24.3 Å². The summed E-state index contributed by atoms with van der Waals surface area (Å²) in [5.41, 5.74) is 2.89. The molecule has 0 N–H and O–H groups in total. The standard InChI is InChI=1S/C17H20N2OS/c1-12-13(2)21-16(18-12)14-7-6-8-15(11-14)17(20)19-9-4-3-5-10-19/h6-8,11H,3-5,9-10H2,1-2H3. The summed E-state index contributed by atoms with van der Waals surface area (Å²) in [6, 6.07) is 7.88. The summed E-state index contributed by atoms with van der Waals surface area (Å²) in [4.78, 5) is 20.4. The molecule has 1 saturated heterocycles. The Hall–Kier alpha value is -1.68. The largest absolute Gasteiger partial charge is 0.339 e. The molecule has 0 spiro atoms. The topological polar surface area (TPSA) is 33.2 Å². The molecule has 2 aromatic rings. The summed E-state index contributed by atoms with van der Waals surface area (Å²) in [6.45, 7) is 5.88. The van der Waals surface area contributed by atoms with E-state index in [1.165, 1.54) is 11.3 Å². The Morgan fingerprint density at radius 1 is 1.19 bits per heavy atom. The minimum atomic E-state index is 0.154. The van der Waals surface area contributed by atoms with Crippen molar-refractivity contribution < 1.29 is 4.79 Å². The van der Waals surface area contributed by atoms with E-state index in [-0.39, 0.29) is 5.91 Å². The predicted molar refractivity (Wildman–Crippen MR) is 86.8 cm³/mol. The van der Waals surface area contributed by atoms with Crippen LogP contribution in [0.25, 0.3) is 10.6 Å². The van der Waals surface area contributed by atoms with Crippen LogP contribution in [0.3, 0.4) is 0 Å². The van der Waals surface area contributed by atoms with Crippen LogP contribution >= 0.6 is 11.3 Å². The Balaban J connectivity index is 1.87. The third-order valence-electron chi connectivity index (χ3n) is 4.03. The maximum absolute atomic E-state index is 12.6. The van der Waals surface area contributed by atoms with Gasteiger partial charge in [-0.1, -0.05) is 12.1 Å². The molecule has 0 atom stereocenters. The Labute approximate surface area is 129 Å². The predicted octanol–water partition coefficient (Wildman–Crippen LogP) is 4.05. The second-order valence-electron chi connectivity index (χ2n) is 5.59. The number of benzene rings is 1. The first kappa shape index (κ1) is 14.3. The highest BCUT2D eigenvalue weighted by atomic mass is 32.1. The fourth-order valence-electron chi connectivity index (χ4n) is 2.66. The smallest absolute Gasteiger partial charge is 0.253 e. The van der Waals surface area contributed by atoms with Crippen LogP contribution < -0.4 is 0 Å².